The zero-order chi connectivity index (χ0) is 6.62. The summed E-state index contributed by atoms with van der Waals surface area (Å²) < 4.78 is 1.47. The van der Waals surface area contributed by atoms with Crippen molar-refractivity contribution in [2.45, 2.75) is 25.3 Å². The number of alkyl halides is 1. The third-order valence-electron chi connectivity index (χ3n) is 1.06. The lowest BCUT2D eigenvalue weighted by atomic mass is 11.7. The minimum atomic E-state index is -0.621. The van der Waals surface area contributed by atoms with Crippen LogP contribution in [0.1, 0.15) is 0 Å². The van der Waals surface area contributed by atoms with Gasteiger partial charge >= 0.3 is 0 Å². The van der Waals surface area contributed by atoms with Gasteiger partial charge in [0.1, 0.15) is 0 Å². The largest absolute Gasteiger partial charge is 0.0904 e. The standard InChI is InChI=1S/C5H15ISi2/c1-8(2,3)5-7-4-6/h4-5,7H2,1-3H3. The van der Waals surface area contributed by atoms with Gasteiger partial charge in [-0.15, -0.1) is 0 Å². The average Bonchev–Trinajstić information content (AvgIpc) is 1.59. The smallest absolute Gasteiger partial charge is 0.0411 e. The topological polar surface area (TPSA) is 0 Å². The van der Waals surface area contributed by atoms with Gasteiger partial charge in [0, 0.05) is 17.6 Å². The van der Waals surface area contributed by atoms with Crippen LogP contribution in [-0.4, -0.2) is 21.6 Å². The predicted molar refractivity (Wildman–Crippen MR) is 55.6 cm³/mol. The van der Waals surface area contributed by atoms with Gasteiger partial charge in [0.25, 0.3) is 0 Å². The van der Waals surface area contributed by atoms with Crippen molar-refractivity contribution in [1.82, 2.24) is 0 Å². The highest BCUT2D eigenvalue weighted by Crippen LogP contribution is 2.05. The summed E-state index contributed by atoms with van der Waals surface area (Å²) in [6.45, 7) is 7.39. The normalized spacial score (nSPS) is 13.5. The van der Waals surface area contributed by atoms with E-state index >= 15 is 0 Å². The average molecular weight is 258 g/mol. The van der Waals surface area contributed by atoms with E-state index in [-0.39, 0.29) is 0 Å². The molecule has 0 rings (SSSR count). The molecular formula is C5H15ISi2. The SMILES string of the molecule is C[Si](C)(C)C[SiH2]CI. The van der Waals surface area contributed by atoms with E-state index in [1.165, 1.54) is 4.05 Å². The number of hydrogen-bond donors (Lipinski definition) is 0. The lowest BCUT2D eigenvalue weighted by molar-refractivity contribution is 1.63. The van der Waals surface area contributed by atoms with Gasteiger partial charge in [-0.25, -0.2) is 0 Å². The van der Waals surface area contributed by atoms with Gasteiger partial charge < -0.3 is 0 Å². The molecule has 0 aliphatic rings. The van der Waals surface area contributed by atoms with Crippen LogP contribution in [-0.2, 0) is 0 Å². The molecular weight excluding hydrogens is 243 g/mol. The summed E-state index contributed by atoms with van der Waals surface area (Å²) in [6, 6.07) is 0. The van der Waals surface area contributed by atoms with Crippen molar-refractivity contribution in [3.05, 3.63) is 0 Å². The van der Waals surface area contributed by atoms with Gasteiger partial charge in [-0.2, -0.15) is 0 Å². The van der Waals surface area contributed by atoms with Gasteiger partial charge in [0.15, 0.2) is 0 Å². The Morgan fingerprint density at radius 1 is 1.38 bits per heavy atom. The highest BCUT2D eigenvalue weighted by Gasteiger charge is 2.10. The van der Waals surface area contributed by atoms with E-state index in [0.29, 0.717) is 9.52 Å². The van der Waals surface area contributed by atoms with E-state index in [4.69, 9.17) is 0 Å². The molecule has 0 aliphatic carbocycles. The number of halogens is 1. The van der Waals surface area contributed by atoms with E-state index in [1.54, 1.807) is 5.67 Å². The fraction of sp³-hybridized carbons (Fsp3) is 1.00. The second-order valence-corrected chi connectivity index (χ2v) is 14.8. The molecule has 0 atom stereocenters. The molecule has 0 aromatic heterocycles. The molecule has 0 aliphatic heterocycles. The lowest BCUT2D eigenvalue weighted by Gasteiger charge is -2.13. The van der Waals surface area contributed by atoms with Crippen LogP contribution in [0.15, 0.2) is 0 Å². The Kier molecular flexibility index (Phi) is 4.65. The molecule has 0 spiro atoms. The molecule has 0 unspecified atom stereocenters. The molecule has 0 saturated carbocycles. The summed E-state index contributed by atoms with van der Waals surface area (Å²) >= 11 is 2.51. The Morgan fingerprint density at radius 3 is 2.00 bits per heavy atom. The Morgan fingerprint density at radius 2 is 1.88 bits per heavy atom. The maximum Gasteiger partial charge on any atom is 0.0411 e. The van der Waals surface area contributed by atoms with Crippen LogP contribution >= 0.6 is 22.6 Å². The van der Waals surface area contributed by atoms with E-state index in [0.717, 1.165) is 0 Å². The first kappa shape index (κ1) is 9.16. The molecule has 0 aromatic rings. The number of rotatable bonds is 3. The lowest BCUT2D eigenvalue weighted by Crippen LogP contribution is -2.22. The van der Waals surface area contributed by atoms with Crippen molar-refractivity contribution in [3.63, 3.8) is 0 Å². The summed E-state index contributed by atoms with van der Waals surface area (Å²) in [4.78, 5) is 0. The highest BCUT2D eigenvalue weighted by atomic mass is 127. The summed E-state index contributed by atoms with van der Waals surface area (Å²) in [5, 5.41) is 0. The third-order valence-corrected chi connectivity index (χ3v) is 11.0. The van der Waals surface area contributed by atoms with Gasteiger partial charge in [0.05, 0.1) is 0 Å². The first-order valence-corrected chi connectivity index (χ1v) is 10.4. The molecule has 0 amide bonds. The van der Waals surface area contributed by atoms with E-state index in [2.05, 4.69) is 42.2 Å². The first-order valence-electron chi connectivity index (χ1n) is 3.12. The van der Waals surface area contributed by atoms with Crippen LogP contribution in [0.4, 0.5) is 0 Å². The molecule has 50 valence electrons. The zero-order valence-electron chi connectivity index (χ0n) is 6.00. The van der Waals surface area contributed by atoms with E-state index in [1.807, 2.05) is 0 Å². The molecule has 0 bridgehead atoms. The maximum atomic E-state index is 2.51. The van der Waals surface area contributed by atoms with Crippen LogP contribution in [0.5, 0.6) is 0 Å². The first-order chi connectivity index (χ1) is 3.56. The Balaban J connectivity index is 3.11. The van der Waals surface area contributed by atoms with Crippen molar-refractivity contribution >= 4 is 40.2 Å². The van der Waals surface area contributed by atoms with Crippen molar-refractivity contribution in [1.29, 1.82) is 0 Å². The second kappa shape index (κ2) is 4.06. The van der Waals surface area contributed by atoms with Gasteiger partial charge in [-0.3, -0.25) is 0 Å². The Labute approximate surface area is 69.4 Å². The molecule has 0 radical (unpaired) electrons. The fourth-order valence-corrected chi connectivity index (χ4v) is 8.81. The van der Waals surface area contributed by atoms with Crippen molar-refractivity contribution in [3.8, 4) is 0 Å². The van der Waals surface area contributed by atoms with Crippen molar-refractivity contribution in [2.24, 2.45) is 0 Å². The van der Waals surface area contributed by atoms with Crippen LogP contribution in [0.25, 0.3) is 0 Å². The minimum Gasteiger partial charge on any atom is -0.0904 e. The van der Waals surface area contributed by atoms with Gasteiger partial charge in [0.2, 0.25) is 0 Å². The minimum absolute atomic E-state index is 0.366. The van der Waals surface area contributed by atoms with Gasteiger partial charge in [-0.1, -0.05) is 47.9 Å². The van der Waals surface area contributed by atoms with Gasteiger partial charge in [-0.05, 0) is 4.05 Å². The zero-order valence-corrected chi connectivity index (χ0v) is 10.6. The highest BCUT2D eigenvalue weighted by molar-refractivity contribution is 14.1. The molecule has 0 heterocycles. The van der Waals surface area contributed by atoms with E-state index < -0.39 is 8.07 Å². The summed E-state index contributed by atoms with van der Waals surface area (Å²) in [5.41, 5.74) is 1.63. The van der Waals surface area contributed by atoms with Crippen LogP contribution in [0.3, 0.4) is 0 Å². The Bertz CT molecular complexity index is 57.9. The second-order valence-electron chi connectivity index (χ2n) is 3.35. The summed E-state index contributed by atoms with van der Waals surface area (Å²) in [6.07, 6.45) is 0. The Hall–Kier alpha value is 1.16. The molecule has 0 aromatic carbocycles. The van der Waals surface area contributed by atoms with Crippen LogP contribution < -0.4 is 0 Å². The number of hydrogen-bond acceptors (Lipinski definition) is 0. The molecule has 0 fully saturated rings. The monoisotopic (exact) mass is 258 g/mol. The van der Waals surface area contributed by atoms with Crippen LogP contribution in [0.2, 0.25) is 25.3 Å². The summed E-state index contributed by atoms with van der Waals surface area (Å²) in [7, 11) is -0.255. The quantitative estimate of drug-likeness (QED) is 0.412. The summed E-state index contributed by atoms with van der Waals surface area (Å²) in [5.74, 6) is 0. The molecule has 0 saturated heterocycles. The fourth-order valence-electron chi connectivity index (χ4n) is 0.597. The molecule has 0 nitrogen and oxygen atoms in total. The maximum absolute atomic E-state index is 2.51. The van der Waals surface area contributed by atoms with Crippen molar-refractivity contribution < 1.29 is 0 Å². The van der Waals surface area contributed by atoms with E-state index in [9.17, 15) is 0 Å². The molecule has 0 N–H and O–H groups in total. The van der Waals surface area contributed by atoms with Crippen molar-refractivity contribution in [2.75, 3.05) is 4.05 Å². The predicted octanol–water partition coefficient (Wildman–Crippen LogP) is 1.84. The molecule has 3 heteroatoms. The third kappa shape index (κ3) is 7.16. The van der Waals surface area contributed by atoms with Crippen LogP contribution in [0, 0.1) is 0 Å². The molecule has 8 heavy (non-hydrogen) atoms.